The van der Waals surface area contributed by atoms with Gasteiger partial charge in [0.25, 0.3) is 0 Å². The number of aliphatic hydroxyl groups excluding tert-OH is 1. The first kappa shape index (κ1) is 24.1. The molecule has 0 aliphatic carbocycles. The molecule has 1 aromatic heterocycles. The minimum Gasteiger partial charge on any atom is -0.386 e. The minimum atomic E-state index is -0.617. The van der Waals surface area contributed by atoms with Gasteiger partial charge in [0.1, 0.15) is 6.10 Å². The molecule has 2 atom stereocenters. The number of ether oxygens (including phenoxy) is 1. The number of hydrogen-bond acceptors (Lipinski definition) is 5. The fourth-order valence-electron chi connectivity index (χ4n) is 3.64. The van der Waals surface area contributed by atoms with E-state index < -0.39 is 6.10 Å². The van der Waals surface area contributed by atoms with Crippen LogP contribution in [0, 0.1) is 5.92 Å². The number of guanidine groups is 1. The lowest BCUT2D eigenvalue weighted by Gasteiger charge is -2.34. The molecule has 28 heavy (non-hydrogen) atoms. The van der Waals surface area contributed by atoms with E-state index in [1.165, 1.54) is 17.8 Å². The number of aliphatic imine (C=N–C) groups is 1. The monoisotopic (exact) mass is 542 g/mol. The van der Waals surface area contributed by atoms with Crippen LogP contribution in [0.25, 0.3) is 0 Å². The number of likely N-dealkylation sites (tertiary alicyclic amines) is 1. The molecule has 3 N–H and O–H groups in total. The van der Waals surface area contributed by atoms with Gasteiger partial charge in [-0.1, -0.05) is 11.6 Å². The zero-order valence-corrected chi connectivity index (χ0v) is 20.3. The first-order valence-corrected chi connectivity index (χ1v) is 11.1. The lowest BCUT2D eigenvalue weighted by atomic mass is 10.0. The van der Waals surface area contributed by atoms with Gasteiger partial charge >= 0.3 is 0 Å². The van der Waals surface area contributed by atoms with E-state index in [0.717, 1.165) is 63.1 Å². The SMILES string of the molecule is CCNC(=NCC(O)c1ccc(Cl)s1)NC1CCN(CC2CCOC2)CC1.I. The molecular formula is C19H32ClIN4O2S. The molecule has 2 aliphatic heterocycles. The molecule has 160 valence electrons. The van der Waals surface area contributed by atoms with Crippen molar-refractivity contribution in [3.8, 4) is 0 Å². The Labute approximate surface area is 194 Å². The van der Waals surface area contributed by atoms with Crippen LogP contribution >= 0.6 is 46.9 Å². The lowest BCUT2D eigenvalue weighted by Crippen LogP contribution is -2.49. The van der Waals surface area contributed by atoms with Crippen molar-refractivity contribution in [2.24, 2.45) is 10.9 Å². The number of hydrogen-bond donors (Lipinski definition) is 3. The van der Waals surface area contributed by atoms with Gasteiger partial charge < -0.3 is 25.4 Å². The van der Waals surface area contributed by atoms with E-state index in [1.807, 2.05) is 12.1 Å². The van der Waals surface area contributed by atoms with E-state index >= 15 is 0 Å². The van der Waals surface area contributed by atoms with Crippen molar-refractivity contribution in [2.45, 2.75) is 38.3 Å². The van der Waals surface area contributed by atoms with Crippen molar-refractivity contribution in [3.05, 3.63) is 21.3 Å². The summed E-state index contributed by atoms with van der Waals surface area (Å²) < 4.78 is 6.18. The van der Waals surface area contributed by atoms with E-state index in [9.17, 15) is 5.11 Å². The number of aliphatic hydroxyl groups is 1. The lowest BCUT2D eigenvalue weighted by molar-refractivity contribution is 0.150. The average Bonchev–Trinajstić information content (AvgIpc) is 3.33. The van der Waals surface area contributed by atoms with Crippen LogP contribution < -0.4 is 10.6 Å². The van der Waals surface area contributed by atoms with E-state index in [1.54, 1.807) is 0 Å². The first-order valence-electron chi connectivity index (χ1n) is 9.92. The predicted molar refractivity (Wildman–Crippen MR) is 127 cm³/mol. The molecule has 0 spiro atoms. The van der Waals surface area contributed by atoms with Crippen molar-refractivity contribution in [3.63, 3.8) is 0 Å². The van der Waals surface area contributed by atoms with Crippen molar-refractivity contribution in [2.75, 3.05) is 45.9 Å². The van der Waals surface area contributed by atoms with Crippen LogP contribution in [-0.2, 0) is 4.74 Å². The predicted octanol–water partition coefficient (Wildman–Crippen LogP) is 3.11. The number of halogens is 2. The molecular weight excluding hydrogens is 511 g/mol. The fourth-order valence-corrected chi connectivity index (χ4v) is 4.68. The Balaban J connectivity index is 0.00000280. The highest BCUT2D eigenvalue weighted by Crippen LogP contribution is 2.27. The van der Waals surface area contributed by atoms with Crippen LogP contribution in [0.3, 0.4) is 0 Å². The molecule has 0 aromatic carbocycles. The maximum absolute atomic E-state index is 10.3. The Morgan fingerprint density at radius 2 is 2.18 bits per heavy atom. The molecule has 1 aromatic rings. The van der Waals surface area contributed by atoms with E-state index in [4.69, 9.17) is 16.3 Å². The van der Waals surface area contributed by atoms with Crippen LogP contribution in [0.15, 0.2) is 17.1 Å². The number of nitrogens with one attached hydrogen (secondary N) is 2. The zero-order chi connectivity index (χ0) is 19.1. The Bertz CT molecular complexity index is 605. The summed E-state index contributed by atoms with van der Waals surface area (Å²) in [6.07, 6.45) is 2.81. The fraction of sp³-hybridized carbons (Fsp3) is 0.737. The number of thiophene rings is 1. The number of rotatable bonds is 7. The summed E-state index contributed by atoms with van der Waals surface area (Å²) in [5, 5.41) is 17.1. The molecule has 0 saturated carbocycles. The Kier molecular flexibility index (Phi) is 10.8. The molecule has 2 saturated heterocycles. The van der Waals surface area contributed by atoms with Gasteiger partial charge in [-0.15, -0.1) is 35.3 Å². The largest absolute Gasteiger partial charge is 0.386 e. The summed E-state index contributed by atoms with van der Waals surface area (Å²) >= 11 is 7.35. The highest BCUT2D eigenvalue weighted by atomic mass is 127. The topological polar surface area (TPSA) is 69.1 Å². The van der Waals surface area contributed by atoms with Gasteiger partial charge in [-0.3, -0.25) is 4.99 Å². The quantitative estimate of drug-likeness (QED) is 0.281. The van der Waals surface area contributed by atoms with Gasteiger partial charge in [0.15, 0.2) is 5.96 Å². The third-order valence-electron chi connectivity index (χ3n) is 5.16. The van der Waals surface area contributed by atoms with Gasteiger partial charge in [0.05, 0.1) is 17.5 Å². The molecule has 0 radical (unpaired) electrons. The van der Waals surface area contributed by atoms with Gasteiger partial charge in [0, 0.05) is 43.7 Å². The van der Waals surface area contributed by atoms with E-state index in [-0.39, 0.29) is 24.0 Å². The molecule has 9 heteroatoms. The van der Waals surface area contributed by atoms with Crippen LogP contribution in [-0.4, -0.2) is 67.9 Å². The normalized spacial score (nSPS) is 22.7. The summed E-state index contributed by atoms with van der Waals surface area (Å²) in [4.78, 5) is 7.99. The molecule has 2 aliphatic rings. The van der Waals surface area contributed by atoms with Crippen LogP contribution in [0.5, 0.6) is 0 Å². The first-order chi connectivity index (χ1) is 13.1. The maximum atomic E-state index is 10.3. The maximum Gasteiger partial charge on any atom is 0.191 e. The highest BCUT2D eigenvalue weighted by Gasteiger charge is 2.24. The summed E-state index contributed by atoms with van der Waals surface area (Å²) in [5.41, 5.74) is 0. The standard InChI is InChI=1S/C19H31ClN4O2S.HI/c1-2-21-19(22-11-16(25)17-3-4-18(20)27-17)23-15-5-8-24(9-6-15)12-14-7-10-26-13-14;/h3-4,14-16,25H,2,5-13H2,1H3,(H2,21,22,23);1H. The molecule has 3 heterocycles. The number of nitrogens with zero attached hydrogens (tertiary/aromatic N) is 2. The van der Waals surface area contributed by atoms with Gasteiger partial charge in [-0.05, 0) is 44.2 Å². The van der Waals surface area contributed by atoms with Crippen molar-refractivity contribution in [1.82, 2.24) is 15.5 Å². The third-order valence-corrected chi connectivity index (χ3v) is 6.49. The molecule has 6 nitrogen and oxygen atoms in total. The molecule has 2 fully saturated rings. The van der Waals surface area contributed by atoms with Gasteiger partial charge in [0.2, 0.25) is 0 Å². The Hall–Kier alpha value is -0.130. The van der Waals surface area contributed by atoms with Gasteiger partial charge in [-0.2, -0.15) is 0 Å². The van der Waals surface area contributed by atoms with Crippen molar-refractivity contribution in [1.29, 1.82) is 0 Å². The smallest absolute Gasteiger partial charge is 0.191 e. The summed E-state index contributed by atoms with van der Waals surface area (Å²) in [7, 11) is 0. The van der Waals surface area contributed by atoms with Crippen LogP contribution in [0.2, 0.25) is 4.34 Å². The van der Waals surface area contributed by atoms with Crippen LogP contribution in [0.1, 0.15) is 37.2 Å². The third kappa shape index (κ3) is 7.60. The second-order valence-corrected chi connectivity index (χ2v) is 9.07. The average molecular weight is 543 g/mol. The molecule has 0 bridgehead atoms. The number of piperidine rings is 1. The minimum absolute atomic E-state index is 0. The zero-order valence-electron chi connectivity index (χ0n) is 16.4. The summed E-state index contributed by atoms with van der Waals surface area (Å²) in [6.45, 7) is 8.42. The van der Waals surface area contributed by atoms with E-state index in [0.29, 0.717) is 22.8 Å². The molecule has 2 unspecified atom stereocenters. The Morgan fingerprint density at radius 1 is 1.39 bits per heavy atom. The second kappa shape index (κ2) is 12.5. The highest BCUT2D eigenvalue weighted by molar-refractivity contribution is 14.0. The van der Waals surface area contributed by atoms with Crippen molar-refractivity contribution >= 4 is 52.9 Å². The second-order valence-electron chi connectivity index (χ2n) is 7.33. The van der Waals surface area contributed by atoms with Gasteiger partial charge in [-0.25, -0.2) is 0 Å². The van der Waals surface area contributed by atoms with Crippen LogP contribution in [0.4, 0.5) is 0 Å². The van der Waals surface area contributed by atoms with Crippen molar-refractivity contribution < 1.29 is 9.84 Å². The van der Waals surface area contributed by atoms with E-state index in [2.05, 4.69) is 27.4 Å². The molecule has 0 amide bonds. The Morgan fingerprint density at radius 3 is 2.79 bits per heavy atom. The summed E-state index contributed by atoms with van der Waals surface area (Å²) in [6, 6.07) is 4.09. The molecule has 3 rings (SSSR count). The summed E-state index contributed by atoms with van der Waals surface area (Å²) in [5.74, 6) is 1.49.